The van der Waals surface area contributed by atoms with Crippen molar-refractivity contribution in [3.63, 3.8) is 0 Å². The summed E-state index contributed by atoms with van der Waals surface area (Å²) in [4.78, 5) is 19.8. The summed E-state index contributed by atoms with van der Waals surface area (Å²) in [5.74, 6) is 0.557. The molecule has 1 saturated carbocycles. The van der Waals surface area contributed by atoms with E-state index in [0.29, 0.717) is 29.9 Å². The van der Waals surface area contributed by atoms with Gasteiger partial charge < -0.3 is 26.4 Å². The quantitative estimate of drug-likeness (QED) is 0.291. The molecule has 1 aliphatic carbocycles. The van der Waals surface area contributed by atoms with Crippen LogP contribution in [0.2, 0.25) is 0 Å². The Balaban J connectivity index is 1.40. The predicted octanol–water partition coefficient (Wildman–Crippen LogP) is 1.77. The molecule has 10 heteroatoms. The number of nitrogen functional groups attached to an aromatic ring is 1. The molecule has 0 aliphatic heterocycles. The van der Waals surface area contributed by atoms with Gasteiger partial charge >= 0.3 is 0 Å². The number of aliphatic hydroxyl groups is 3. The number of carbonyl (C=O) groups excluding carboxylic acids is 1. The first-order valence-electron chi connectivity index (χ1n) is 11.5. The number of aliphatic hydroxyl groups excluding tert-OH is 2. The van der Waals surface area contributed by atoms with Gasteiger partial charge in [-0.3, -0.25) is 4.79 Å². The van der Waals surface area contributed by atoms with Gasteiger partial charge in [0, 0.05) is 12.3 Å². The van der Waals surface area contributed by atoms with Gasteiger partial charge in [0.05, 0.1) is 17.3 Å². The van der Waals surface area contributed by atoms with Crippen LogP contribution in [-0.2, 0) is 16.8 Å². The third-order valence-electron chi connectivity index (χ3n) is 7.15. The molecule has 0 bridgehead atoms. The van der Waals surface area contributed by atoms with Crippen molar-refractivity contribution >= 4 is 34.0 Å². The maximum absolute atomic E-state index is 11.6. The maximum Gasteiger partial charge on any atom is 0.222 e. The van der Waals surface area contributed by atoms with Gasteiger partial charge in [0.1, 0.15) is 29.4 Å². The average Bonchev–Trinajstić information content (AvgIpc) is 3.33. The number of aryl methyl sites for hydroxylation is 1. The van der Waals surface area contributed by atoms with Gasteiger partial charge in [-0.05, 0) is 60.6 Å². The van der Waals surface area contributed by atoms with Crippen molar-refractivity contribution in [1.29, 1.82) is 0 Å². The molecule has 10 nitrogen and oxygen atoms in total. The van der Waals surface area contributed by atoms with Crippen LogP contribution < -0.4 is 11.1 Å². The molecule has 4 atom stereocenters. The Hall–Kier alpha value is -3.60. The molecule has 1 aliphatic rings. The van der Waals surface area contributed by atoms with Crippen molar-refractivity contribution in [2.24, 2.45) is 5.41 Å². The highest BCUT2D eigenvalue weighted by molar-refractivity contribution is 5.89. The second kappa shape index (κ2) is 8.26. The van der Waals surface area contributed by atoms with E-state index in [1.165, 1.54) is 17.8 Å². The fraction of sp³-hybridized carbons (Fsp3) is 0.360. The van der Waals surface area contributed by atoms with E-state index in [2.05, 4.69) is 20.4 Å². The SMILES string of the molecule is CC(=O)Nc1ccc2ccc(CC[C@@]3(C)C[C@@](O)(c4ccc5c(N)ncnn45)[C@H](O)[C@@H]3O)cc2n1. The van der Waals surface area contributed by atoms with Crippen molar-refractivity contribution in [1.82, 2.24) is 19.6 Å². The summed E-state index contributed by atoms with van der Waals surface area (Å²) in [5.41, 5.74) is 6.07. The molecule has 0 radical (unpaired) electrons. The molecule has 4 aromatic rings. The Morgan fingerprint density at radius 1 is 1.20 bits per heavy atom. The summed E-state index contributed by atoms with van der Waals surface area (Å²) in [5, 5.41) is 41.4. The first kappa shape index (κ1) is 23.2. The second-order valence-electron chi connectivity index (χ2n) is 9.71. The third kappa shape index (κ3) is 3.89. The second-order valence-corrected chi connectivity index (χ2v) is 9.71. The van der Waals surface area contributed by atoms with E-state index in [4.69, 9.17) is 5.73 Å². The molecular formula is C25H28N6O4. The molecule has 5 rings (SSSR count). The van der Waals surface area contributed by atoms with Gasteiger partial charge in [0.15, 0.2) is 5.82 Å². The highest BCUT2D eigenvalue weighted by Gasteiger charge is 2.59. The lowest BCUT2D eigenvalue weighted by atomic mass is 9.79. The maximum atomic E-state index is 11.6. The lowest BCUT2D eigenvalue weighted by Crippen LogP contribution is -2.41. The highest BCUT2D eigenvalue weighted by atomic mass is 16.4. The number of carbonyl (C=O) groups is 1. The molecule has 1 amide bonds. The lowest BCUT2D eigenvalue weighted by Gasteiger charge is -2.28. The van der Waals surface area contributed by atoms with E-state index in [9.17, 15) is 20.1 Å². The van der Waals surface area contributed by atoms with E-state index in [1.54, 1.807) is 18.2 Å². The van der Waals surface area contributed by atoms with E-state index >= 15 is 0 Å². The molecule has 1 fully saturated rings. The first-order chi connectivity index (χ1) is 16.6. The van der Waals surface area contributed by atoms with Crippen LogP contribution >= 0.6 is 0 Å². The van der Waals surface area contributed by atoms with Crippen molar-refractivity contribution < 1.29 is 20.1 Å². The number of fused-ring (bicyclic) bond motifs is 2. The number of hydrogen-bond acceptors (Lipinski definition) is 8. The van der Waals surface area contributed by atoms with E-state index in [1.807, 2.05) is 31.2 Å². The van der Waals surface area contributed by atoms with Gasteiger partial charge in [0.2, 0.25) is 5.91 Å². The van der Waals surface area contributed by atoms with Gasteiger partial charge in [-0.2, -0.15) is 5.10 Å². The van der Waals surface area contributed by atoms with Gasteiger partial charge in [-0.25, -0.2) is 14.5 Å². The topological polar surface area (TPSA) is 159 Å². The standard InChI is InChI=1S/C25H28N6O4/c1-14(32)29-20-8-5-16-4-3-15(11-17(16)30-20)9-10-24(2)12-25(35,22(34)21(24)33)19-7-6-18-23(26)27-13-28-31(18)19/h3-8,11,13,21-22,33-35H,9-10,12H2,1-2H3,(H2,26,27,28)(H,29,30,32)/t21-,22+,24-,25+/m0/s1. The van der Waals surface area contributed by atoms with Crippen molar-refractivity contribution in [3.8, 4) is 0 Å². The molecule has 0 saturated heterocycles. The van der Waals surface area contributed by atoms with Crippen LogP contribution in [0.25, 0.3) is 16.4 Å². The number of nitrogens with two attached hydrogens (primary N) is 1. The number of benzene rings is 1. The zero-order chi connectivity index (χ0) is 25.0. The Morgan fingerprint density at radius 3 is 2.74 bits per heavy atom. The van der Waals surface area contributed by atoms with Gasteiger partial charge in [-0.15, -0.1) is 0 Å². The first-order valence-corrected chi connectivity index (χ1v) is 11.5. The number of nitrogens with one attached hydrogen (secondary N) is 1. The third-order valence-corrected chi connectivity index (χ3v) is 7.15. The van der Waals surface area contributed by atoms with Crippen LogP contribution in [0.1, 0.15) is 37.9 Å². The zero-order valence-electron chi connectivity index (χ0n) is 19.5. The molecule has 3 heterocycles. The normalized spacial score (nSPS) is 26.4. The number of aromatic nitrogens is 4. The van der Waals surface area contributed by atoms with E-state index in [0.717, 1.165) is 16.5 Å². The van der Waals surface area contributed by atoms with Crippen molar-refractivity contribution in [3.05, 3.63) is 60.0 Å². The number of hydrogen-bond donors (Lipinski definition) is 5. The van der Waals surface area contributed by atoms with Crippen LogP contribution in [-0.4, -0.2) is 53.0 Å². The van der Waals surface area contributed by atoms with Gasteiger partial charge in [-0.1, -0.05) is 19.1 Å². The van der Waals surface area contributed by atoms with Crippen LogP contribution in [0.5, 0.6) is 0 Å². The zero-order valence-corrected chi connectivity index (χ0v) is 19.5. The highest BCUT2D eigenvalue weighted by Crippen LogP contribution is 2.52. The van der Waals surface area contributed by atoms with E-state index in [-0.39, 0.29) is 18.1 Å². The largest absolute Gasteiger partial charge is 0.390 e. The lowest BCUT2D eigenvalue weighted by molar-refractivity contribution is -0.114. The molecule has 6 N–H and O–H groups in total. The van der Waals surface area contributed by atoms with Gasteiger partial charge in [0.25, 0.3) is 0 Å². The summed E-state index contributed by atoms with van der Waals surface area (Å²) in [7, 11) is 0. The van der Waals surface area contributed by atoms with Crippen LogP contribution in [0, 0.1) is 5.41 Å². The summed E-state index contributed by atoms with van der Waals surface area (Å²) in [6, 6.07) is 12.9. The minimum Gasteiger partial charge on any atom is -0.390 e. The van der Waals surface area contributed by atoms with Crippen molar-refractivity contribution in [2.75, 3.05) is 11.1 Å². The Kier molecular flexibility index (Phi) is 5.47. The number of pyridine rings is 1. The van der Waals surface area contributed by atoms with Crippen molar-refractivity contribution in [2.45, 2.75) is 50.9 Å². The molecule has 0 spiro atoms. The van der Waals surface area contributed by atoms with E-state index < -0.39 is 23.2 Å². The minimum atomic E-state index is -1.71. The Bertz CT molecular complexity index is 1440. The molecule has 182 valence electrons. The average molecular weight is 477 g/mol. The number of nitrogens with zero attached hydrogens (tertiary/aromatic N) is 4. The van der Waals surface area contributed by atoms with Crippen LogP contribution in [0.15, 0.2) is 48.8 Å². The fourth-order valence-corrected chi connectivity index (χ4v) is 5.22. The number of rotatable bonds is 5. The summed E-state index contributed by atoms with van der Waals surface area (Å²) >= 11 is 0. The molecule has 3 aromatic heterocycles. The van der Waals surface area contributed by atoms with Crippen LogP contribution in [0.3, 0.4) is 0 Å². The Labute approximate surface area is 201 Å². The molecule has 35 heavy (non-hydrogen) atoms. The monoisotopic (exact) mass is 476 g/mol. The summed E-state index contributed by atoms with van der Waals surface area (Å²) in [6.07, 6.45) is -0.0103. The number of anilines is 2. The predicted molar refractivity (Wildman–Crippen MR) is 130 cm³/mol. The molecular weight excluding hydrogens is 448 g/mol. The summed E-state index contributed by atoms with van der Waals surface area (Å²) < 4.78 is 1.46. The Morgan fingerprint density at radius 2 is 1.97 bits per heavy atom. The molecule has 1 aromatic carbocycles. The number of amides is 1. The molecule has 0 unspecified atom stereocenters. The smallest absolute Gasteiger partial charge is 0.222 e. The summed E-state index contributed by atoms with van der Waals surface area (Å²) in [6.45, 7) is 3.30. The van der Waals surface area contributed by atoms with Crippen LogP contribution in [0.4, 0.5) is 11.6 Å². The fourth-order valence-electron chi connectivity index (χ4n) is 5.22. The minimum absolute atomic E-state index is 0.136.